The standard InChI is InChI=1S/C23H30N10O9/c34-3-10-14(37)16(39)22(41-10)32-7-30-12-18(26-5-28-20(12)32)24-1-9(36)2-25-19-13-21(29-6-27-19)33(8-31-13)23-17(40)15(38)11(4-35)42-23/h5-11,14-17,22-23,34-40H,1-4H2,(H,24,26,28)(H,25,27,29)/t9?,10-,11+,14+,15-,16?,17?,22-,23+. The van der Waals surface area contributed by atoms with Gasteiger partial charge in [-0.05, 0) is 0 Å². The molecule has 19 nitrogen and oxygen atoms in total. The molecule has 0 amide bonds. The molecule has 2 saturated heterocycles. The van der Waals surface area contributed by atoms with Crippen molar-refractivity contribution >= 4 is 34.0 Å². The highest BCUT2D eigenvalue weighted by Crippen LogP contribution is 2.33. The minimum atomic E-state index is -1.31. The van der Waals surface area contributed by atoms with Crippen LogP contribution in [0.3, 0.4) is 0 Å². The number of fused-ring (bicyclic) bond motifs is 2. The predicted molar refractivity (Wildman–Crippen MR) is 140 cm³/mol. The molecule has 42 heavy (non-hydrogen) atoms. The second-order valence-corrected chi connectivity index (χ2v) is 9.97. The summed E-state index contributed by atoms with van der Waals surface area (Å²) in [6, 6.07) is 0. The molecule has 226 valence electrons. The van der Waals surface area contributed by atoms with Crippen molar-refractivity contribution in [1.82, 2.24) is 39.0 Å². The lowest BCUT2D eigenvalue weighted by Gasteiger charge is -2.17. The molecule has 19 heteroatoms. The van der Waals surface area contributed by atoms with E-state index in [0.29, 0.717) is 34.0 Å². The third-order valence-corrected chi connectivity index (χ3v) is 7.31. The summed E-state index contributed by atoms with van der Waals surface area (Å²) in [7, 11) is 0. The summed E-state index contributed by atoms with van der Waals surface area (Å²) in [4.78, 5) is 25.4. The Morgan fingerprint density at radius 2 is 1.10 bits per heavy atom. The molecule has 0 spiro atoms. The van der Waals surface area contributed by atoms with E-state index < -0.39 is 68.4 Å². The molecule has 2 aliphatic heterocycles. The first kappa shape index (κ1) is 28.5. The fourth-order valence-corrected chi connectivity index (χ4v) is 5.06. The van der Waals surface area contributed by atoms with Gasteiger partial charge in [0.05, 0.1) is 32.0 Å². The summed E-state index contributed by atoms with van der Waals surface area (Å²) < 4.78 is 14.0. The summed E-state index contributed by atoms with van der Waals surface area (Å²) in [6.45, 7) is -0.842. The number of rotatable bonds is 10. The quantitative estimate of drug-likeness (QED) is 0.0853. The molecule has 0 aliphatic carbocycles. The third-order valence-electron chi connectivity index (χ3n) is 7.31. The molecule has 0 aromatic carbocycles. The van der Waals surface area contributed by atoms with Gasteiger partial charge in [-0.1, -0.05) is 0 Å². The highest BCUT2D eigenvalue weighted by molar-refractivity contribution is 5.83. The first-order chi connectivity index (χ1) is 20.3. The van der Waals surface area contributed by atoms with Crippen molar-refractivity contribution in [3.8, 4) is 0 Å². The normalized spacial score (nSPS) is 30.4. The van der Waals surface area contributed by atoms with Gasteiger partial charge < -0.3 is 55.9 Å². The van der Waals surface area contributed by atoms with Gasteiger partial charge in [-0.2, -0.15) is 0 Å². The van der Waals surface area contributed by atoms with E-state index in [4.69, 9.17) is 9.47 Å². The SMILES string of the molecule is OC[C@@H]1O[C@H](n2cnc3c(NCC(O)CNc4ncnc5c4ncn5[C@@H]4O[C@H](CO)[C@H](O)C4O)ncnc32)C(O)[C@@H]1O. The average molecular weight is 591 g/mol. The van der Waals surface area contributed by atoms with Gasteiger partial charge in [0.15, 0.2) is 46.4 Å². The lowest BCUT2D eigenvalue weighted by atomic mass is 10.1. The molecule has 4 aromatic heterocycles. The Balaban J connectivity index is 1.11. The van der Waals surface area contributed by atoms with Gasteiger partial charge in [-0.15, -0.1) is 0 Å². The first-order valence-corrected chi connectivity index (χ1v) is 13.1. The summed E-state index contributed by atoms with van der Waals surface area (Å²) in [6.07, 6.45) is -4.75. The number of ether oxygens (including phenoxy) is 2. The van der Waals surface area contributed by atoms with Crippen LogP contribution in [0, 0.1) is 0 Å². The van der Waals surface area contributed by atoms with Crippen LogP contribution in [0.4, 0.5) is 11.6 Å². The Morgan fingerprint density at radius 1 is 0.667 bits per heavy atom. The van der Waals surface area contributed by atoms with Crippen LogP contribution >= 0.6 is 0 Å². The molecule has 9 atom stereocenters. The zero-order chi connectivity index (χ0) is 29.5. The van der Waals surface area contributed by atoms with Gasteiger partial charge >= 0.3 is 0 Å². The molecular formula is C23H30N10O9. The lowest BCUT2D eigenvalue weighted by molar-refractivity contribution is -0.0511. The van der Waals surface area contributed by atoms with Crippen molar-refractivity contribution in [2.24, 2.45) is 0 Å². The topological polar surface area (TPSA) is 271 Å². The van der Waals surface area contributed by atoms with Crippen LogP contribution in [0.15, 0.2) is 25.3 Å². The Hall–Kier alpha value is -3.66. The van der Waals surface area contributed by atoms with Crippen LogP contribution in [-0.2, 0) is 9.47 Å². The Morgan fingerprint density at radius 3 is 1.48 bits per heavy atom. The van der Waals surface area contributed by atoms with E-state index in [2.05, 4.69) is 40.5 Å². The molecule has 3 unspecified atom stereocenters. The molecule has 2 aliphatic rings. The van der Waals surface area contributed by atoms with E-state index in [1.807, 2.05) is 0 Å². The third kappa shape index (κ3) is 4.89. The Labute approximate surface area is 236 Å². The van der Waals surface area contributed by atoms with Gasteiger partial charge in [0.2, 0.25) is 0 Å². The minimum Gasteiger partial charge on any atom is -0.394 e. The molecule has 9 N–H and O–H groups in total. The number of anilines is 2. The Bertz CT molecular complexity index is 1430. The number of nitrogens with zero attached hydrogens (tertiary/aromatic N) is 8. The van der Waals surface area contributed by atoms with Crippen molar-refractivity contribution in [2.45, 2.75) is 55.2 Å². The Kier molecular flexibility index (Phi) is 7.83. The number of hydrogen-bond donors (Lipinski definition) is 9. The lowest BCUT2D eigenvalue weighted by Crippen LogP contribution is -2.33. The highest BCUT2D eigenvalue weighted by atomic mass is 16.6. The molecule has 0 radical (unpaired) electrons. The number of aromatic nitrogens is 8. The highest BCUT2D eigenvalue weighted by Gasteiger charge is 2.45. The van der Waals surface area contributed by atoms with Crippen LogP contribution in [0.25, 0.3) is 22.3 Å². The minimum absolute atomic E-state index is 0.0467. The first-order valence-electron chi connectivity index (χ1n) is 13.1. The van der Waals surface area contributed by atoms with E-state index in [-0.39, 0.29) is 13.1 Å². The van der Waals surface area contributed by atoms with Gasteiger partial charge in [0.25, 0.3) is 0 Å². The van der Waals surface area contributed by atoms with E-state index in [9.17, 15) is 35.7 Å². The van der Waals surface area contributed by atoms with Crippen molar-refractivity contribution < 1.29 is 45.2 Å². The zero-order valence-corrected chi connectivity index (χ0v) is 21.9. The van der Waals surface area contributed by atoms with E-state index in [0.717, 1.165) is 0 Å². The number of aliphatic hydroxyl groups is 7. The predicted octanol–water partition coefficient (Wildman–Crippen LogP) is -3.93. The maximum absolute atomic E-state index is 10.6. The summed E-state index contributed by atoms with van der Waals surface area (Å²) in [5.41, 5.74) is 1.29. The maximum atomic E-state index is 10.6. The fourth-order valence-electron chi connectivity index (χ4n) is 5.06. The maximum Gasteiger partial charge on any atom is 0.167 e. The summed E-state index contributed by atoms with van der Waals surface area (Å²) >= 11 is 0. The zero-order valence-electron chi connectivity index (χ0n) is 21.9. The van der Waals surface area contributed by atoms with Crippen LogP contribution in [0.1, 0.15) is 12.5 Å². The number of aliphatic hydroxyl groups excluding tert-OH is 7. The monoisotopic (exact) mass is 590 g/mol. The largest absolute Gasteiger partial charge is 0.394 e. The van der Waals surface area contributed by atoms with Crippen molar-refractivity contribution in [3.63, 3.8) is 0 Å². The summed E-state index contributed by atoms with van der Waals surface area (Å²) in [5.74, 6) is 0.623. The molecule has 6 rings (SSSR count). The van der Waals surface area contributed by atoms with Crippen molar-refractivity contribution in [1.29, 1.82) is 0 Å². The van der Waals surface area contributed by atoms with Crippen LogP contribution in [0.2, 0.25) is 0 Å². The van der Waals surface area contributed by atoms with E-state index in [1.54, 1.807) is 0 Å². The van der Waals surface area contributed by atoms with Gasteiger partial charge in [-0.25, -0.2) is 29.9 Å². The van der Waals surface area contributed by atoms with Crippen LogP contribution in [0.5, 0.6) is 0 Å². The number of imidazole rings is 2. The van der Waals surface area contributed by atoms with Gasteiger partial charge in [-0.3, -0.25) is 9.13 Å². The van der Waals surface area contributed by atoms with Crippen molar-refractivity contribution in [3.05, 3.63) is 25.3 Å². The van der Waals surface area contributed by atoms with E-state index >= 15 is 0 Å². The summed E-state index contributed by atoms with van der Waals surface area (Å²) in [5, 5.41) is 76.3. The average Bonchev–Trinajstić information content (AvgIpc) is 3.76. The van der Waals surface area contributed by atoms with Crippen molar-refractivity contribution in [2.75, 3.05) is 36.9 Å². The smallest absolute Gasteiger partial charge is 0.167 e. The second kappa shape index (κ2) is 11.6. The van der Waals surface area contributed by atoms with Crippen LogP contribution < -0.4 is 10.6 Å². The number of hydrogen-bond acceptors (Lipinski definition) is 17. The fraction of sp³-hybridized carbons (Fsp3) is 0.565. The van der Waals surface area contributed by atoms with E-state index in [1.165, 1.54) is 34.4 Å². The number of nitrogens with one attached hydrogen (secondary N) is 2. The van der Waals surface area contributed by atoms with Gasteiger partial charge in [0.1, 0.15) is 49.3 Å². The van der Waals surface area contributed by atoms with Gasteiger partial charge in [0, 0.05) is 13.1 Å². The second-order valence-electron chi connectivity index (χ2n) is 9.97. The molecular weight excluding hydrogens is 560 g/mol. The molecule has 2 fully saturated rings. The molecule has 4 aromatic rings. The molecule has 6 heterocycles. The van der Waals surface area contributed by atoms with Crippen LogP contribution in [-0.4, -0.2) is 144 Å². The molecule has 0 bridgehead atoms. The molecule has 0 saturated carbocycles.